The molecule has 2 aromatic rings. The van der Waals surface area contributed by atoms with E-state index < -0.39 is 11.7 Å². The van der Waals surface area contributed by atoms with Gasteiger partial charge in [-0.25, -0.2) is 9.37 Å². The zero-order valence-electron chi connectivity index (χ0n) is 16.5. The second kappa shape index (κ2) is 8.14. The van der Waals surface area contributed by atoms with E-state index in [4.69, 9.17) is 0 Å². The van der Waals surface area contributed by atoms with E-state index in [0.29, 0.717) is 40.0 Å². The van der Waals surface area contributed by atoms with Gasteiger partial charge in [0.1, 0.15) is 11.6 Å². The summed E-state index contributed by atoms with van der Waals surface area (Å²) in [5.74, 6) is 0.924. The van der Waals surface area contributed by atoms with Crippen molar-refractivity contribution < 1.29 is 9.18 Å². The van der Waals surface area contributed by atoms with E-state index in [-0.39, 0.29) is 11.3 Å². The van der Waals surface area contributed by atoms with Gasteiger partial charge >= 0.3 is 0 Å². The molecule has 2 heterocycles. The summed E-state index contributed by atoms with van der Waals surface area (Å²) in [6, 6.07) is 6.13. The molecule has 0 bridgehead atoms. The van der Waals surface area contributed by atoms with E-state index in [9.17, 15) is 14.0 Å². The average molecular weight is 414 g/mol. The number of ketones is 1. The molecule has 1 atom stereocenters. The second-order valence-electron chi connectivity index (χ2n) is 7.95. The molecule has 2 N–H and O–H groups in total. The van der Waals surface area contributed by atoms with Crippen molar-refractivity contribution in [2.45, 2.75) is 50.6 Å². The van der Waals surface area contributed by atoms with E-state index in [1.165, 1.54) is 23.9 Å². The van der Waals surface area contributed by atoms with E-state index in [2.05, 4.69) is 29.1 Å². The summed E-state index contributed by atoms with van der Waals surface area (Å²) in [7, 11) is 0. The SMILES string of the molecule is CC(C)CCSc1nc2c(c(=O)[nH]1)C(c1cccc(F)c1)C1=C(CCCC1=O)N2. The Morgan fingerprint density at radius 3 is 2.86 bits per heavy atom. The van der Waals surface area contributed by atoms with Crippen molar-refractivity contribution in [3.63, 3.8) is 0 Å². The third-order valence-electron chi connectivity index (χ3n) is 5.35. The third-order valence-corrected chi connectivity index (χ3v) is 6.26. The molecule has 0 fully saturated rings. The molecule has 2 aliphatic rings. The maximum atomic E-state index is 14.0. The van der Waals surface area contributed by atoms with Crippen molar-refractivity contribution in [1.29, 1.82) is 0 Å². The van der Waals surface area contributed by atoms with Crippen molar-refractivity contribution in [2.75, 3.05) is 11.1 Å². The van der Waals surface area contributed by atoms with Crippen LogP contribution in [0.3, 0.4) is 0 Å². The number of carbonyl (C=O) groups is 1. The van der Waals surface area contributed by atoms with Crippen LogP contribution in [-0.2, 0) is 4.79 Å². The molecule has 5 nitrogen and oxygen atoms in total. The fourth-order valence-electron chi connectivity index (χ4n) is 3.92. The number of H-pyrrole nitrogens is 1. The van der Waals surface area contributed by atoms with Gasteiger partial charge in [-0.15, -0.1) is 0 Å². The molecule has 152 valence electrons. The van der Waals surface area contributed by atoms with Gasteiger partial charge in [-0.1, -0.05) is 37.7 Å². The molecule has 0 saturated carbocycles. The zero-order valence-corrected chi connectivity index (χ0v) is 17.4. The largest absolute Gasteiger partial charge is 0.343 e. The van der Waals surface area contributed by atoms with E-state index in [0.717, 1.165) is 30.7 Å². The fraction of sp³-hybridized carbons (Fsp3) is 0.409. The van der Waals surface area contributed by atoms with Gasteiger partial charge in [0.15, 0.2) is 10.9 Å². The molecule has 0 saturated heterocycles. The summed E-state index contributed by atoms with van der Waals surface area (Å²) in [5.41, 5.74) is 2.08. The first-order chi connectivity index (χ1) is 13.9. The molecule has 0 spiro atoms. The number of aromatic nitrogens is 2. The number of anilines is 1. The van der Waals surface area contributed by atoms with Gasteiger partial charge in [-0.2, -0.15) is 0 Å². The number of rotatable bonds is 5. The van der Waals surface area contributed by atoms with Crippen molar-refractivity contribution in [3.8, 4) is 0 Å². The number of nitrogens with one attached hydrogen (secondary N) is 2. The van der Waals surface area contributed by atoms with Gasteiger partial charge in [0.05, 0.1) is 5.56 Å². The molecule has 1 aliphatic carbocycles. The van der Waals surface area contributed by atoms with Gasteiger partial charge in [0, 0.05) is 29.4 Å². The maximum Gasteiger partial charge on any atom is 0.257 e. The molecule has 4 rings (SSSR count). The fourth-order valence-corrected chi connectivity index (χ4v) is 5.02. The predicted molar refractivity (Wildman–Crippen MR) is 113 cm³/mol. The van der Waals surface area contributed by atoms with E-state index >= 15 is 0 Å². The molecule has 29 heavy (non-hydrogen) atoms. The highest BCUT2D eigenvalue weighted by Crippen LogP contribution is 2.43. The lowest BCUT2D eigenvalue weighted by Crippen LogP contribution is -2.32. The quantitative estimate of drug-likeness (QED) is 0.553. The maximum absolute atomic E-state index is 14.0. The minimum Gasteiger partial charge on any atom is -0.343 e. The van der Waals surface area contributed by atoms with Gasteiger partial charge < -0.3 is 10.3 Å². The predicted octanol–water partition coefficient (Wildman–Crippen LogP) is 4.61. The van der Waals surface area contributed by atoms with Crippen LogP contribution in [0.15, 0.2) is 45.5 Å². The van der Waals surface area contributed by atoms with Gasteiger partial charge in [0.2, 0.25) is 0 Å². The number of benzene rings is 1. The molecule has 7 heteroatoms. The lowest BCUT2D eigenvalue weighted by Gasteiger charge is -2.32. The van der Waals surface area contributed by atoms with Crippen molar-refractivity contribution in [3.05, 3.63) is 62.8 Å². The lowest BCUT2D eigenvalue weighted by molar-refractivity contribution is -0.116. The summed E-state index contributed by atoms with van der Waals surface area (Å²) in [6.45, 7) is 4.31. The molecule has 0 radical (unpaired) electrons. The standard InChI is InChI=1S/C22H24FN3O2S/c1-12(2)9-10-29-22-25-20-19(21(28)26-22)17(13-5-3-6-14(23)11-13)18-15(24-20)7-4-8-16(18)27/h3,5-6,11-12,17H,4,7-10H2,1-2H3,(H2,24,25,26,28). The Bertz CT molecular complexity index is 1040. The van der Waals surface area contributed by atoms with Crippen LogP contribution in [0.1, 0.15) is 56.6 Å². The van der Waals surface area contributed by atoms with E-state index in [1.807, 2.05) is 0 Å². The van der Waals surface area contributed by atoms with Crippen molar-refractivity contribution >= 4 is 23.4 Å². The highest BCUT2D eigenvalue weighted by molar-refractivity contribution is 7.99. The summed E-state index contributed by atoms with van der Waals surface area (Å²) >= 11 is 1.52. The van der Waals surface area contributed by atoms with Crippen LogP contribution < -0.4 is 10.9 Å². The average Bonchev–Trinajstić information content (AvgIpc) is 2.66. The Kier molecular flexibility index (Phi) is 5.58. The first kappa shape index (κ1) is 19.9. The van der Waals surface area contributed by atoms with Crippen LogP contribution >= 0.6 is 11.8 Å². The Morgan fingerprint density at radius 2 is 2.10 bits per heavy atom. The van der Waals surface area contributed by atoms with E-state index in [1.54, 1.807) is 12.1 Å². The number of thioether (sulfide) groups is 1. The Labute approximate surface area is 173 Å². The van der Waals surface area contributed by atoms with Crippen molar-refractivity contribution in [2.24, 2.45) is 5.92 Å². The van der Waals surface area contributed by atoms with Crippen LogP contribution in [0.4, 0.5) is 10.2 Å². The molecule has 1 unspecified atom stereocenters. The highest BCUT2D eigenvalue weighted by Gasteiger charge is 2.37. The number of halogens is 1. The van der Waals surface area contributed by atoms with Crippen LogP contribution in [0.25, 0.3) is 0 Å². The van der Waals surface area contributed by atoms with Crippen LogP contribution in [0.5, 0.6) is 0 Å². The molecule has 1 aromatic carbocycles. The summed E-state index contributed by atoms with van der Waals surface area (Å²) in [6.07, 6.45) is 2.94. The third kappa shape index (κ3) is 4.01. The first-order valence-electron chi connectivity index (χ1n) is 9.99. The van der Waals surface area contributed by atoms with Gasteiger partial charge in [0.25, 0.3) is 5.56 Å². The Morgan fingerprint density at radius 1 is 1.28 bits per heavy atom. The Hall–Kier alpha value is -2.41. The highest BCUT2D eigenvalue weighted by atomic mass is 32.2. The monoisotopic (exact) mass is 413 g/mol. The van der Waals surface area contributed by atoms with Crippen LogP contribution in [0, 0.1) is 11.7 Å². The number of Topliss-reactive ketones (excluding diaryl/α,β-unsaturated/α-hetero) is 1. The molecular formula is C22H24FN3O2S. The number of hydrogen-bond donors (Lipinski definition) is 2. The van der Waals surface area contributed by atoms with Crippen molar-refractivity contribution in [1.82, 2.24) is 9.97 Å². The summed E-state index contributed by atoms with van der Waals surface area (Å²) < 4.78 is 14.0. The number of aromatic amines is 1. The summed E-state index contributed by atoms with van der Waals surface area (Å²) in [5, 5.41) is 3.81. The summed E-state index contributed by atoms with van der Waals surface area (Å²) in [4.78, 5) is 33.3. The van der Waals surface area contributed by atoms with Crippen LogP contribution in [-0.4, -0.2) is 21.5 Å². The van der Waals surface area contributed by atoms with Crippen LogP contribution in [0.2, 0.25) is 0 Å². The molecule has 1 aliphatic heterocycles. The smallest absolute Gasteiger partial charge is 0.257 e. The second-order valence-corrected chi connectivity index (χ2v) is 9.03. The lowest BCUT2D eigenvalue weighted by atomic mass is 9.76. The zero-order chi connectivity index (χ0) is 20.5. The van der Waals surface area contributed by atoms with Gasteiger partial charge in [-0.05, 0) is 42.9 Å². The normalized spacial score (nSPS) is 18.5. The number of carbonyl (C=O) groups excluding carboxylic acids is 1. The number of hydrogen-bond acceptors (Lipinski definition) is 5. The first-order valence-corrected chi connectivity index (χ1v) is 11.0. The molecule has 0 amide bonds. The number of allylic oxidation sites excluding steroid dienone is 2. The number of nitrogens with zero attached hydrogens (tertiary/aromatic N) is 1. The minimum atomic E-state index is -0.601. The molecule has 1 aromatic heterocycles. The van der Waals surface area contributed by atoms with Gasteiger partial charge in [-0.3, -0.25) is 9.59 Å². The molecular weight excluding hydrogens is 389 g/mol. The minimum absolute atomic E-state index is 0.00782. The Balaban J connectivity index is 1.81. The topological polar surface area (TPSA) is 74.8 Å². The number of fused-ring (bicyclic) bond motifs is 1.